The lowest BCUT2D eigenvalue weighted by Crippen LogP contribution is -2.66. The van der Waals surface area contributed by atoms with Crippen molar-refractivity contribution in [3.05, 3.63) is 34.9 Å². The highest BCUT2D eigenvalue weighted by Gasteiger charge is 2.48. The highest BCUT2D eigenvalue weighted by Crippen LogP contribution is 2.33. The summed E-state index contributed by atoms with van der Waals surface area (Å²) >= 11 is 11.7. The van der Waals surface area contributed by atoms with Crippen molar-refractivity contribution in [2.24, 2.45) is 11.8 Å². The lowest BCUT2D eigenvalue weighted by molar-refractivity contribution is -0.140. The molecular formula is C20H30ClNO2SSi. The molecule has 0 radical (unpaired) electrons. The second-order valence-electron chi connectivity index (χ2n) is 7.29. The van der Waals surface area contributed by atoms with Gasteiger partial charge >= 0.3 is 0 Å². The van der Waals surface area contributed by atoms with Gasteiger partial charge in [-0.2, -0.15) is 0 Å². The van der Waals surface area contributed by atoms with Crippen molar-refractivity contribution < 1.29 is 9.22 Å². The molecule has 0 aromatic heterocycles. The Morgan fingerprint density at radius 3 is 2.19 bits per heavy atom. The maximum Gasteiger partial charge on any atom is 0.228 e. The van der Waals surface area contributed by atoms with Crippen LogP contribution in [0.2, 0.25) is 23.2 Å². The third-order valence-electron chi connectivity index (χ3n) is 5.95. The SMILES string of the molecule is CC[Si](CC)(CC)O[C@H](C)[C@H]1C(=O)N[C@@H]1[C@@H](C)C(=S)c1ccc(Cl)cc1. The molecule has 1 amide bonds. The number of halogens is 1. The molecule has 1 N–H and O–H groups in total. The van der Waals surface area contributed by atoms with E-state index in [9.17, 15) is 4.79 Å². The summed E-state index contributed by atoms with van der Waals surface area (Å²) in [5.41, 5.74) is 0.991. The van der Waals surface area contributed by atoms with Gasteiger partial charge in [0.2, 0.25) is 5.91 Å². The third kappa shape index (κ3) is 4.38. The van der Waals surface area contributed by atoms with Gasteiger partial charge in [-0.3, -0.25) is 4.79 Å². The van der Waals surface area contributed by atoms with E-state index in [1.54, 1.807) is 0 Å². The summed E-state index contributed by atoms with van der Waals surface area (Å²) in [7, 11) is -1.74. The standard InChI is InChI=1S/C20H30ClNO2SSi/c1-6-26(7-2,8-3)24-14(5)17-18(22-20(17)23)13(4)19(25)15-9-11-16(21)12-10-15/h9-14,17-18H,6-8H2,1-5H3,(H,22,23)/t13-,14-,17-,18-/m1/s1. The summed E-state index contributed by atoms with van der Waals surface area (Å²) in [5, 5.41) is 3.75. The number of carbonyl (C=O) groups is 1. The lowest BCUT2D eigenvalue weighted by atomic mass is 9.77. The molecule has 1 aliphatic rings. The molecular weight excluding hydrogens is 382 g/mol. The second kappa shape index (κ2) is 8.96. The van der Waals surface area contributed by atoms with Gasteiger partial charge in [-0.1, -0.05) is 63.6 Å². The number of hydrogen-bond donors (Lipinski definition) is 1. The molecule has 0 aliphatic carbocycles. The normalized spacial score (nSPS) is 22.3. The first-order valence-electron chi connectivity index (χ1n) is 9.56. The largest absolute Gasteiger partial charge is 0.413 e. The predicted molar refractivity (Wildman–Crippen MR) is 115 cm³/mol. The molecule has 144 valence electrons. The topological polar surface area (TPSA) is 38.3 Å². The number of amides is 1. The quantitative estimate of drug-likeness (QED) is 0.262. The lowest BCUT2D eigenvalue weighted by Gasteiger charge is -2.46. The zero-order valence-corrected chi connectivity index (χ0v) is 18.9. The minimum atomic E-state index is -1.74. The molecule has 26 heavy (non-hydrogen) atoms. The fourth-order valence-electron chi connectivity index (χ4n) is 3.87. The van der Waals surface area contributed by atoms with Gasteiger partial charge in [-0.25, -0.2) is 0 Å². The van der Waals surface area contributed by atoms with Gasteiger partial charge in [0.1, 0.15) is 0 Å². The number of β-lactam (4-membered cyclic amide) rings is 1. The van der Waals surface area contributed by atoms with E-state index in [1.807, 2.05) is 24.3 Å². The molecule has 0 saturated carbocycles. The minimum absolute atomic E-state index is 0.0259. The van der Waals surface area contributed by atoms with E-state index in [4.69, 9.17) is 28.2 Å². The number of benzene rings is 1. The van der Waals surface area contributed by atoms with E-state index in [2.05, 4.69) is 39.9 Å². The maximum absolute atomic E-state index is 12.3. The second-order valence-corrected chi connectivity index (χ2v) is 12.9. The Kier molecular flexibility index (Phi) is 7.42. The summed E-state index contributed by atoms with van der Waals surface area (Å²) in [6, 6.07) is 10.9. The zero-order chi connectivity index (χ0) is 19.5. The molecule has 0 spiro atoms. The predicted octanol–water partition coefficient (Wildman–Crippen LogP) is 5.22. The average Bonchev–Trinajstić information content (AvgIpc) is 2.63. The van der Waals surface area contributed by atoms with Crippen molar-refractivity contribution >= 4 is 42.9 Å². The summed E-state index contributed by atoms with van der Waals surface area (Å²) in [6.45, 7) is 10.8. The number of hydrogen-bond acceptors (Lipinski definition) is 3. The molecule has 1 saturated heterocycles. The molecule has 1 fully saturated rings. The molecule has 3 nitrogen and oxygen atoms in total. The highest BCUT2D eigenvalue weighted by atomic mass is 35.5. The maximum atomic E-state index is 12.3. The van der Waals surface area contributed by atoms with Crippen molar-refractivity contribution in [3.63, 3.8) is 0 Å². The molecule has 2 rings (SSSR count). The number of nitrogens with one attached hydrogen (secondary N) is 1. The summed E-state index contributed by atoms with van der Waals surface area (Å²) in [6.07, 6.45) is -0.0734. The monoisotopic (exact) mass is 411 g/mol. The Morgan fingerprint density at radius 1 is 1.19 bits per heavy atom. The van der Waals surface area contributed by atoms with Crippen LogP contribution in [0.25, 0.3) is 0 Å². The van der Waals surface area contributed by atoms with Crippen LogP contribution in [0.5, 0.6) is 0 Å². The molecule has 0 unspecified atom stereocenters. The summed E-state index contributed by atoms with van der Waals surface area (Å²) in [4.78, 5) is 13.2. The van der Waals surface area contributed by atoms with Crippen molar-refractivity contribution in [1.82, 2.24) is 5.32 Å². The first-order chi connectivity index (χ1) is 12.3. The molecule has 1 aromatic rings. The Bertz CT molecular complexity index is 639. The average molecular weight is 412 g/mol. The molecule has 1 aromatic carbocycles. The number of rotatable bonds is 9. The van der Waals surface area contributed by atoms with Crippen LogP contribution in [-0.2, 0) is 9.22 Å². The molecule has 0 bridgehead atoms. The van der Waals surface area contributed by atoms with Gasteiger partial charge in [0.15, 0.2) is 8.32 Å². The van der Waals surface area contributed by atoms with Crippen molar-refractivity contribution in [3.8, 4) is 0 Å². The van der Waals surface area contributed by atoms with Gasteiger partial charge in [0, 0.05) is 15.8 Å². The molecule has 4 atom stereocenters. The van der Waals surface area contributed by atoms with Crippen LogP contribution < -0.4 is 5.32 Å². The van der Waals surface area contributed by atoms with Crippen LogP contribution in [0.3, 0.4) is 0 Å². The third-order valence-corrected chi connectivity index (χ3v) is 11.6. The van der Waals surface area contributed by atoms with E-state index in [0.29, 0.717) is 5.02 Å². The van der Waals surface area contributed by atoms with Gasteiger partial charge in [-0.05, 0) is 42.8 Å². The van der Waals surface area contributed by atoms with Crippen molar-refractivity contribution in [2.75, 3.05) is 0 Å². The van der Waals surface area contributed by atoms with Crippen LogP contribution in [0.1, 0.15) is 40.2 Å². The fraction of sp³-hybridized carbons (Fsp3) is 0.600. The van der Waals surface area contributed by atoms with Gasteiger partial charge < -0.3 is 9.74 Å². The number of carbonyl (C=O) groups excluding carboxylic acids is 1. The molecule has 1 heterocycles. The van der Waals surface area contributed by atoms with Crippen molar-refractivity contribution in [1.29, 1.82) is 0 Å². The zero-order valence-electron chi connectivity index (χ0n) is 16.3. The minimum Gasteiger partial charge on any atom is -0.413 e. The highest BCUT2D eigenvalue weighted by molar-refractivity contribution is 7.80. The summed E-state index contributed by atoms with van der Waals surface area (Å²) < 4.78 is 6.56. The number of thiocarbonyl (C=S) groups is 1. The van der Waals surface area contributed by atoms with Crippen LogP contribution in [0, 0.1) is 11.8 Å². The van der Waals surface area contributed by atoms with E-state index in [0.717, 1.165) is 28.6 Å². The molecule has 6 heteroatoms. The van der Waals surface area contributed by atoms with Crippen LogP contribution in [-0.4, -0.2) is 31.2 Å². The van der Waals surface area contributed by atoms with Gasteiger partial charge in [0.05, 0.1) is 18.1 Å². The van der Waals surface area contributed by atoms with Crippen LogP contribution in [0.4, 0.5) is 0 Å². The Hall–Kier alpha value is -0.753. The summed E-state index contributed by atoms with van der Waals surface area (Å²) in [5.74, 6) is 0.0205. The smallest absolute Gasteiger partial charge is 0.228 e. The Morgan fingerprint density at radius 2 is 1.73 bits per heavy atom. The van der Waals surface area contributed by atoms with Crippen molar-refractivity contribution in [2.45, 2.75) is 64.9 Å². The van der Waals surface area contributed by atoms with Crippen LogP contribution in [0.15, 0.2) is 24.3 Å². The first-order valence-corrected chi connectivity index (χ1v) is 12.9. The van der Waals surface area contributed by atoms with Crippen LogP contribution >= 0.6 is 23.8 Å². The Balaban J connectivity index is 2.11. The van der Waals surface area contributed by atoms with E-state index in [-0.39, 0.29) is 29.9 Å². The van der Waals surface area contributed by atoms with E-state index in [1.165, 1.54) is 0 Å². The fourth-order valence-corrected chi connectivity index (χ4v) is 7.21. The van der Waals surface area contributed by atoms with Gasteiger partial charge in [-0.15, -0.1) is 0 Å². The Labute approximate surface area is 169 Å². The molecule has 1 aliphatic heterocycles. The van der Waals surface area contributed by atoms with E-state index >= 15 is 0 Å². The first kappa shape index (κ1) is 21.5. The van der Waals surface area contributed by atoms with Gasteiger partial charge in [0.25, 0.3) is 0 Å². The van der Waals surface area contributed by atoms with E-state index < -0.39 is 8.32 Å².